The minimum atomic E-state index is -0.284. The molecule has 1 N–H and O–H groups in total. The van der Waals surface area contributed by atoms with Gasteiger partial charge in [0.25, 0.3) is 0 Å². The molecule has 1 aliphatic rings. The van der Waals surface area contributed by atoms with E-state index in [0.29, 0.717) is 11.0 Å². The zero-order valence-corrected chi connectivity index (χ0v) is 14.3. The van der Waals surface area contributed by atoms with Crippen molar-refractivity contribution >= 4 is 37.5 Å². The second kappa shape index (κ2) is 5.85. The van der Waals surface area contributed by atoms with Crippen LogP contribution >= 0.6 is 31.9 Å². The molecule has 21 heavy (non-hydrogen) atoms. The van der Waals surface area contributed by atoms with Crippen molar-refractivity contribution in [3.05, 3.63) is 50.2 Å². The number of halogens is 3. The molecular weight excluding hydrogens is 405 g/mol. The second-order valence-electron chi connectivity index (χ2n) is 4.73. The van der Waals surface area contributed by atoms with Gasteiger partial charge in [-0.2, -0.15) is 0 Å². The van der Waals surface area contributed by atoms with Crippen molar-refractivity contribution in [1.82, 2.24) is 0 Å². The molecule has 1 heterocycles. The maximum Gasteiger partial charge on any atom is 0.231 e. The van der Waals surface area contributed by atoms with Crippen molar-refractivity contribution in [2.24, 2.45) is 0 Å². The summed E-state index contributed by atoms with van der Waals surface area (Å²) in [6, 6.07) is 7.05. The van der Waals surface area contributed by atoms with Crippen LogP contribution < -0.4 is 14.8 Å². The van der Waals surface area contributed by atoms with Gasteiger partial charge in [0.05, 0.1) is 4.47 Å². The molecule has 0 amide bonds. The Balaban J connectivity index is 1.81. The van der Waals surface area contributed by atoms with Gasteiger partial charge < -0.3 is 14.8 Å². The number of fused-ring (bicyclic) bond motifs is 1. The van der Waals surface area contributed by atoms with Gasteiger partial charge in [-0.1, -0.05) is 15.9 Å². The molecule has 2 aromatic carbocycles. The summed E-state index contributed by atoms with van der Waals surface area (Å²) in [6.45, 7) is 2.73. The molecule has 1 aliphatic heterocycles. The number of nitrogens with one attached hydrogen (secondary N) is 1. The number of anilines is 1. The molecule has 0 aliphatic carbocycles. The van der Waals surface area contributed by atoms with Crippen molar-refractivity contribution in [2.45, 2.75) is 13.5 Å². The quantitative estimate of drug-likeness (QED) is 0.763. The Labute approximate surface area is 138 Å². The predicted molar refractivity (Wildman–Crippen MR) is 86.4 cm³/mol. The fraction of sp³-hybridized carbons (Fsp3) is 0.200. The van der Waals surface area contributed by atoms with Gasteiger partial charge in [-0.15, -0.1) is 0 Å². The van der Waals surface area contributed by atoms with E-state index in [1.165, 1.54) is 6.07 Å². The largest absolute Gasteiger partial charge is 0.454 e. The maximum absolute atomic E-state index is 13.6. The Hall–Kier alpha value is -1.27. The van der Waals surface area contributed by atoms with Crippen LogP contribution in [-0.4, -0.2) is 6.79 Å². The van der Waals surface area contributed by atoms with Crippen molar-refractivity contribution in [3.63, 3.8) is 0 Å². The zero-order valence-electron chi connectivity index (χ0n) is 11.2. The van der Waals surface area contributed by atoms with E-state index in [9.17, 15) is 4.39 Å². The van der Waals surface area contributed by atoms with Crippen LogP contribution in [0, 0.1) is 12.7 Å². The minimum Gasteiger partial charge on any atom is -0.454 e. The van der Waals surface area contributed by atoms with E-state index in [1.54, 1.807) is 6.07 Å². The Morgan fingerprint density at radius 2 is 1.81 bits per heavy atom. The molecule has 3 rings (SSSR count). The third-order valence-corrected chi connectivity index (χ3v) is 4.62. The Morgan fingerprint density at radius 3 is 2.57 bits per heavy atom. The summed E-state index contributed by atoms with van der Waals surface area (Å²) < 4.78 is 25.7. The fourth-order valence-corrected chi connectivity index (χ4v) is 3.04. The minimum absolute atomic E-state index is 0.246. The van der Waals surface area contributed by atoms with E-state index in [-0.39, 0.29) is 12.6 Å². The molecule has 3 nitrogen and oxygen atoms in total. The molecule has 0 bridgehead atoms. The first-order valence-electron chi connectivity index (χ1n) is 6.32. The third-order valence-electron chi connectivity index (χ3n) is 3.28. The summed E-state index contributed by atoms with van der Waals surface area (Å²) in [6.07, 6.45) is 0. The maximum atomic E-state index is 13.6. The number of rotatable bonds is 3. The number of hydrogen-bond acceptors (Lipinski definition) is 3. The lowest BCUT2D eigenvalue weighted by atomic mass is 10.1. The molecule has 0 radical (unpaired) electrons. The van der Waals surface area contributed by atoms with Gasteiger partial charge in [0.1, 0.15) is 5.82 Å². The lowest BCUT2D eigenvalue weighted by molar-refractivity contribution is 0.174. The topological polar surface area (TPSA) is 30.5 Å². The van der Waals surface area contributed by atoms with Crippen molar-refractivity contribution in [1.29, 1.82) is 0 Å². The van der Waals surface area contributed by atoms with Gasteiger partial charge in [0, 0.05) is 16.7 Å². The molecule has 0 spiro atoms. The van der Waals surface area contributed by atoms with Crippen LogP contribution in [0.15, 0.2) is 33.2 Å². The van der Waals surface area contributed by atoms with Crippen molar-refractivity contribution in [2.75, 3.05) is 12.1 Å². The van der Waals surface area contributed by atoms with E-state index in [1.807, 2.05) is 19.1 Å². The predicted octanol–water partition coefficient (Wildman–Crippen LogP) is 5.00. The monoisotopic (exact) mass is 415 g/mol. The lowest BCUT2D eigenvalue weighted by Gasteiger charge is -2.12. The van der Waals surface area contributed by atoms with Gasteiger partial charge in [-0.25, -0.2) is 4.39 Å². The van der Waals surface area contributed by atoms with E-state index < -0.39 is 0 Å². The van der Waals surface area contributed by atoms with E-state index in [4.69, 9.17) is 9.47 Å². The third kappa shape index (κ3) is 3.01. The highest BCUT2D eigenvalue weighted by molar-refractivity contribution is 9.10. The fourth-order valence-electron chi connectivity index (χ4n) is 2.12. The van der Waals surface area contributed by atoms with Crippen LogP contribution in [0.3, 0.4) is 0 Å². The summed E-state index contributed by atoms with van der Waals surface area (Å²) in [7, 11) is 0. The summed E-state index contributed by atoms with van der Waals surface area (Å²) >= 11 is 6.69. The Morgan fingerprint density at radius 1 is 1.10 bits per heavy atom. The lowest BCUT2D eigenvalue weighted by Crippen LogP contribution is -2.02. The van der Waals surface area contributed by atoms with E-state index >= 15 is 0 Å². The van der Waals surface area contributed by atoms with Crippen LogP contribution in [-0.2, 0) is 6.54 Å². The summed E-state index contributed by atoms with van der Waals surface area (Å²) in [5, 5.41) is 3.24. The summed E-state index contributed by atoms with van der Waals surface area (Å²) in [5.41, 5.74) is 2.75. The number of aryl methyl sites for hydroxylation is 1. The molecular formula is C15H12Br2FNO2. The Bertz CT molecular complexity index is 707. The molecule has 2 aromatic rings. The number of benzene rings is 2. The SMILES string of the molecule is Cc1cc(Br)c(F)cc1NCc1cc2c(cc1Br)OCO2. The molecule has 110 valence electrons. The van der Waals surface area contributed by atoms with Crippen molar-refractivity contribution < 1.29 is 13.9 Å². The summed E-state index contributed by atoms with van der Waals surface area (Å²) in [5.74, 6) is 1.18. The highest BCUT2D eigenvalue weighted by Gasteiger charge is 2.16. The first-order valence-corrected chi connectivity index (χ1v) is 7.91. The molecule has 0 saturated carbocycles. The summed E-state index contributed by atoms with van der Waals surface area (Å²) in [4.78, 5) is 0. The van der Waals surface area contributed by atoms with E-state index in [2.05, 4.69) is 37.2 Å². The molecule has 6 heteroatoms. The Kier molecular flexibility index (Phi) is 4.08. The standard InChI is InChI=1S/C15H12Br2FNO2/c1-8-2-11(17)12(18)5-13(8)19-6-9-3-14-15(4-10(9)16)21-7-20-14/h2-5,19H,6-7H2,1H3. The van der Waals surface area contributed by atoms with Crippen LogP contribution in [0.2, 0.25) is 0 Å². The van der Waals surface area contributed by atoms with Gasteiger partial charge in [0.15, 0.2) is 11.5 Å². The van der Waals surface area contributed by atoms with Gasteiger partial charge in [-0.05, 0) is 58.2 Å². The van der Waals surface area contributed by atoms with Gasteiger partial charge >= 0.3 is 0 Å². The van der Waals surface area contributed by atoms with Crippen LogP contribution in [0.1, 0.15) is 11.1 Å². The first-order chi connectivity index (χ1) is 10.0. The average molecular weight is 417 g/mol. The van der Waals surface area contributed by atoms with Crippen molar-refractivity contribution in [3.8, 4) is 11.5 Å². The highest BCUT2D eigenvalue weighted by Crippen LogP contribution is 2.37. The van der Waals surface area contributed by atoms with Crippen LogP contribution in [0.5, 0.6) is 11.5 Å². The zero-order chi connectivity index (χ0) is 15.0. The molecule has 0 saturated heterocycles. The van der Waals surface area contributed by atoms with Crippen LogP contribution in [0.4, 0.5) is 10.1 Å². The number of hydrogen-bond donors (Lipinski definition) is 1. The van der Waals surface area contributed by atoms with Crippen LogP contribution in [0.25, 0.3) is 0 Å². The normalized spacial score (nSPS) is 12.6. The molecule has 0 atom stereocenters. The second-order valence-corrected chi connectivity index (χ2v) is 6.44. The molecule has 0 aromatic heterocycles. The average Bonchev–Trinajstić information content (AvgIpc) is 2.88. The molecule has 0 fully saturated rings. The van der Waals surface area contributed by atoms with Gasteiger partial charge in [-0.3, -0.25) is 0 Å². The highest BCUT2D eigenvalue weighted by atomic mass is 79.9. The number of ether oxygens (including phenoxy) is 2. The smallest absolute Gasteiger partial charge is 0.231 e. The van der Waals surface area contributed by atoms with Gasteiger partial charge in [0.2, 0.25) is 6.79 Å². The first kappa shape index (κ1) is 14.7. The molecule has 0 unspecified atom stereocenters. The van der Waals surface area contributed by atoms with E-state index in [0.717, 1.165) is 32.8 Å².